The van der Waals surface area contributed by atoms with Gasteiger partial charge in [0.25, 0.3) is 0 Å². The van der Waals surface area contributed by atoms with E-state index in [2.05, 4.69) is 20.1 Å². The number of rotatable bonds is 7. The Labute approximate surface area is 140 Å². The smallest absolute Gasteiger partial charge is 0.387 e. The largest absolute Gasteiger partial charge is 0.435 e. The standard InChI is InChI=1S/C16H14F4N2O3/c17-14(18)24-12-6-3-5-11(8-12)22-16(23)21-9-10-4-1-2-7-13(10)25-15(19)20/h1-8,14-15H,9H2,(H2,21,22,23). The number of urea groups is 1. The van der Waals surface area contributed by atoms with Gasteiger partial charge in [-0.2, -0.15) is 17.6 Å². The Morgan fingerprint density at radius 2 is 1.68 bits per heavy atom. The fourth-order valence-corrected chi connectivity index (χ4v) is 1.96. The van der Waals surface area contributed by atoms with Crippen molar-refractivity contribution in [3.63, 3.8) is 0 Å². The summed E-state index contributed by atoms with van der Waals surface area (Å²) in [5.74, 6) is -0.159. The van der Waals surface area contributed by atoms with Gasteiger partial charge in [0, 0.05) is 23.9 Å². The van der Waals surface area contributed by atoms with Crippen LogP contribution in [0.5, 0.6) is 11.5 Å². The lowest BCUT2D eigenvalue weighted by molar-refractivity contribution is -0.0508. The highest BCUT2D eigenvalue weighted by molar-refractivity contribution is 5.89. The molecule has 2 rings (SSSR count). The molecular weight excluding hydrogens is 344 g/mol. The van der Waals surface area contributed by atoms with Crippen LogP contribution in [0.2, 0.25) is 0 Å². The molecule has 0 fully saturated rings. The van der Waals surface area contributed by atoms with Crippen molar-refractivity contribution in [1.29, 1.82) is 0 Å². The van der Waals surface area contributed by atoms with Gasteiger partial charge >= 0.3 is 19.3 Å². The summed E-state index contributed by atoms with van der Waals surface area (Å²) in [7, 11) is 0. The first kappa shape index (κ1) is 18.4. The van der Waals surface area contributed by atoms with Gasteiger partial charge in [-0.1, -0.05) is 24.3 Å². The molecule has 0 saturated carbocycles. The van der Waals surface area contributed by atoms with E-state index in [4.69, 9.17) is 0 Å². The first-order chi connectivity index (χ1) is 11.9. The molecule has 0 aliphatic heterocycles. The first-order valence-corrected chi connectivity index (χ1v) is 7.06. The molecule has 0 aliphatic carbocycles. The number of carbonyl (C=O) groups is 1. The van der Waals surface area contributed by atoms with Crippen molar-refractivity contribution in [2.75, 3.05) is 5.32 Å². The molecule has 0 spiro atoms. The maximum Gasteiger partial charge on any atom is 0.387 e. The Morgan fingerprint density at radius 1 is 0.960 bits per heavy atom. The fourth-order valence-electron chi connectivity index (χ4n) is 1.96. The summed E-state index contributed by atoms with van der Waals surface area (Å²) in [5.41, 5.74) is 0.584. The number of ether oxygens (including phenoxy) is 2. The number of nitrogens with one attached hydrogen (secondary N) is 2. The van der Waals surface area contributed by atoms with Crippen molar-refractivity contribution in [2.45, 2.75) is 19.8 Å². The van der Waals surface area contributed by atoms with Crippen molar-refractivity contribution in [1.82, 2.24) is 5.32 Å². The van der Waals surface area contributed by atoms with Gasteiger partial charge in [-0.15, -0.1) is 0 Å². The second-order valence-electron chi connectivity index (χ2n) is 4.70. The third-order valence-corrected chi connectivity index (χ3v) is 2.95. The van der Waals surface area contributed by atoms with Gasteiger partial charge in [-0.05, 0) is 18.2 Å². The van der Waals surface area contributed by atoms with Crippen molar-refractivity contribution >= 4 is 11.7 Å². The summed E-state index contributed by atoms with van der Waals surface area (Å²) in [6.07, 6.45) is 0. The Kier molecular flexibility index (Phi) is 6.44. The average molecular weight is 358 g/mol. The average Bonchev–Trinajstić information content (AvgIpc) is 2.53. The van der Waals surface area contributed by atoms with E-state index in [0.29, 0.717) is 5.56 Å². The zero-order valence-corrected chi connectivity index (χ0v) is 12.7. The first-order valence-electron chi connectivity index (χ1n) is 7.06. The topological polar surface area (TPSA) is 59.6 Å². The van der Waals surface area contributed by atoms with Gasteiger partial charge in [-0.25, -0.2) is 4.79 Å². The molecule has 2 aromatic carbocycles. The van der Waals surface area contributed by atoms with E-state index in [-0.39, 0.29) is 23.7 Å². The Bertz CT molecular complexity index is 713. The minimum absolute atomic E-state index is 0.0508. The van der Waals surface area contributed by atoms with Crippen molar-refractivity contribution in [3.05, 3.63) is 54.1 Å². The molecule has 0 aliphatic rings. The van der Waals surface area contributed by atoms with E-state index in [1.54, 1.807) is 6.07 Å². The Hall–Kier alpha value is -2.97. The Balaban J connectivity index is 1.93. The van der Waals surface area contributed by atoms with E-state index in [1.807, 2.05) is 0 Å². The molecule has 0 bridgehead atoms. The van der Waals surface area contributed by atoms with Crippen molar-refractivity contribution in [3.8, 4) is 11.5 Å². The van der Waals surface area contributed by atoms with Crippen LogP contribution in [0.3, 0.4) is 0 Å². The number of halogens is 4. The molecule has 0 saturated heterocycles. The molecule has 2 aromatic rings. The highest BCUT2D eigenvalue weighted by atomic mass is 19.3. The molecule has 0 unspecified atom stereocenters. The number of carbonyl (C=O) groups excluding carboxylic acids is 1. The maximum absolute atomic E-state index is 12.3. The van der Waals surface area contributed by atoms with Crippen LogP contribution in [0.15, 0.2) is 48.5 Å². The SMILES string of the molecule is O=C(NCc1ccccc1OC(F)F)Nc1cccc(OC(F)F)c1. The number of anilines is 1. The van der Waals surface area contributed by atoms with Crippen LogP contribution in [0.1, 0.15) is 5.56 Å². The van der Waals surface area contributed by atoms with Crippen LogP contribution in [-0.2, 0) is 6.54 Å². The molecule has 0 heterocycles. The van der Waals surface area contributed by atoms with Crippen LogP contribution in [0.25, 0.3) is 0 Å². The van der Waals surface area contributed by atoms with Gasteiger partial charge in [0.05, 0.1) is 0 Å². The highest BCUT2D eigenvalue weighted by Gasteiger charge is 2.11. The zero-order chi connectivity index (χ0) is 18.2. The number of hydrogen-bond acceptors (Lipinski definition) is 3. The number of hydrogen-bond donors (Lipinski definition) is 2. The quantitative estimate of drug-likeness (QED) is 0.729. The summed E-state index contributed by atoms with van der Waals surface area (Å²) >= 11 is 0. The number of benzene rings is 2. The summed E-state index contributed by atoms with van der Waals surface area (Å²) in [4.78, 5) is 11.9. The van der Waals surface area contributed by atoms with Gasteiger partial charge in [0.1, 0.15) is 11.5 Å². The van der Waals surface area contributed by atoms with E-state index in [0.717, 1.165) is 0 Å². The molecule has 0 atom stereocenters. The van der Waals surface area contributed by atoms with Crippen LogP contribution in [0.4, 0.5) is 28.0 Å². The third-order valence-electron chi connectivity index (χ3n) is 2.95. The summed E-state index contributed by atoms with van der Waals surface area (Å²) < 4.78 is 57.6. The fraction of sp³-hybridized carbons (Fsp3) is 0.188. The molecular formula is C16H14F4N2O3. The predicted molar refractivity (Wildman–Crippen MR) is 82.0 cm³/mol. The van der Waals surface area contributed by atoms with Crippen LogP contribution in [0, 0.1) is 0 Å². The number of amides is 2. The third kappa shape index (κ3) is 6.21. The second-order valence-corrected chi connectivity index (χ2v) is 4.70. The maximum atomic E-state index is 12.3. The number of para-hydroxylation sites is 1. The monoisotopic (exact) mass is 358 g/mol. The van der Waals surface area contributed by atoms with Crippen molar-refractivity contribution < 1.29 is 31.8 Å². The lowest BCUT2D eigenvalue weighted by atomic mass is 10.2. The molecule has 5 nitrogen and oxygen atoms in total. The number of alkyl halides is 4. The minimum atomic E-state index is -2.98. The molecule has 134 valence electrons. The predicted octanol–water partition coefficient (Wildman–Crippen LogP) is 4.21. The summed E-state index contributed by atoms with van der Waals surface area (Å²) in [6, 6.07) is 10.8. The van der Waals surface area contributed by atoms with E-state index >= 15 is 0 Å². The second kappa shape index (κ2) is 8.76. The van der Waals surface area contributed by atoms with E-state index in [9.17, 15) is 22.4 Å². The van der Waals surface area contributed by atoms with Gasteiger partial charge in [0.2, 0.25) is 0 Å². The molecule has 0 radical (unpaired) electrons. The molecule has 9 heteroatoms. The van der Waals surface area contributed by atoms with Gasteiger partial charge < -0.3 is 20.1 Å². The lowest BCUT2D eigenvalue weighted by Gasteiger charge is -2.12. The highest BCUT2D eigenvalue weighted by Crippen LogP contribution is 2.21. The molecule has 2 N–H and O–H groups in total. The lowest BCUT2D eigenvalue weighted by Crippen LogP contribution is -2.28. The van der Waals surface area contributed by atoms with Gasteiger partial charge in [0.15, 0.2) is 0 Å². The summed E-state index contributed by atoms with van der Waals surface area (Å²) in [5, 5.41) is 4.88. The van der Waals surface area contributed by atoms with Crippen LogP contribution in [-0.4, -0.2) is 19.3 Å². The zero-order valence-electron chi connectivity index (χ0n) is 12.7. The Morgan fingerprint density at radius 3 is 2.40 bits per heavy atom. The van der Waals surface area contributed by atoms with E-state index in [1.165, 1.54) is 42.5 Å². The normalized spacial score (nSPS) is 10.6. The van der Waals surface area contributed by atoms with Gasteiger partial charge in [-0.3, -0.25) is 0 Å². The molecule has 25 heavy (non-hydrogen) atoms. The minimum Gasteiger partial charge on any atom is -0.435 e. The molecule has 2 amide bonds. The van der Waals surface area contributed by atoms with Crippen LogP contribution < -0.4 is 20.1 Å². The summed E-state index contributed by atoms with van der Waals surface area (Å²) in [6.45, 7) is -6.02. The van der Waals surface area contributed by atoms with E-state index < -0.39 is 19.3 Å². The van der Waals surface area contributed by atoms with Crippen molar-refractivity contribution in [2.24, 2.45) is 0 Å². The molecule has 0 aromatic heterocycles. The van der Waals surface area contributed by atoms with Crippen LogP contribution >= 0.6 is 0 Å².